The van der Waals surface area contributed by atoms with Gasteiger partial charge in [0.25, 0.3) is 11.1 Å². The molecule has 2 rings (SSSR count). The molecule has 0 spiro atoms. The summed E-state index contributed by atoms with van der Waals surface area (Å²) in [7, 11) is 0. The Balaban J connectivity index is -0.000000270. The summed E-state index contributed by atoms with van der Waals surface area (Å²) in [6.07, 6.45) is 2.49. The van der Waals surface area contributed by atoms with Crippen molar-refractivity contribution in [2.24, 2.45) is 0 Å². The Morgan fingerprint density at radius 1 is 0.667 bits per heavy atom. The van der Waals surface area contributed by atoms with Crippen LogP contribution in [0.3, 0.4) is 0 Å². The fourth-order valence-electron chi connectivity index (χ4n) is 0.920. The molecule has 0 aliphatic carbocycles. The maximum atomic E-state index is 10.4. The number of aromatic amines is 2. The lowest BCUT2D eigenvalue weighted by Gasteiger charge is -1.90. The first kappa shape index (κ1) is 24.2. The minimum Gasteiger partial charge on any atom is -0.504 e. The average molecular weight is 356 g/mol. The second-order valence-electron chi connectivity index (χ2n) is 3.08. The van der Waals surface area contributed by atoms with E-state index < -0.39 is 34.1 Å². The topological polar surface area (TPSA) is 147 Å². The molecule has 2 heterocycles. The van der Waals surface area contributed by atoms with Gasteiger partial charge in [0, 0.05) is 24.5 Å². The molecule has 8 nitrogen and oxygen atoms in total. The van der Waals surface area contributed by atoms with Crippen LogP contribution in [0.15, 0.2) is 34.1 Å². The van der Waals surface area contributed by atoms with Crippen LogP contribution in [0.2, 0.25) is 0 Å². The summed E-state index contributed by atoms with van der Waals surface area (Å²) >= 11 is 0. The molecule has 0 unspecified atom stereocenters. The second kappa shape index (κ2) is 10.9. The molecule has 0 fully saturated rings. The summed E-state index contributed by atoms with van der Waals surface area (Å²) in [4.78, 5) is 25.1. The van der Waals surface area contributed by atoms with Gasteiger partial charge in [-0.2, -0.15) is 40.5 Å². The Kier molecular flexibility index (Phi) is 12.5. The Labute approximate surface area is 139 Å². The van der Waals surface area contributed by atoms with Gasteiger partial charge in [0.05, 0.1) is 0 Å². The van der Waals surface area contributed by atoms with Gasteiger partial charge < -0.3 is 30.4 Å². The molecular formula is C10H16N2O6S3. The van der Waals surface area contributed by atoms with E-state index in [1.165, 1.54) is 24.5 Å². The van der Waals surface area contributed by atoms with E-state index in [1.54, 1.807) is 0 Å². The summed E-state index contributed by atoms with van der Waals surface area (Å²) in [6, 6.07) is 2.38. The molecule has 2 aromatic heterocycles. The van der Waals surface area contributed by atoms with Gasteiger partial charge in [-0.1, -0.05) is 0 Å². The molecular weight excluding hydrogens is 340 g/mol. The molecule has 0 aliphatic rings. The van der Waals surface area contributed by atoms with E-state index in [9.17, 15) is 9.59 Å². The summed E-state index contributed by atoms with van der Waals surface area (Å²) in [5.74, 6) is -2.09. The molecule has 6 N–H and O–H groups in total. The third kappa shape index (κ3) is 6.92. The number of rotatable bonds is 0. The number of H-pyrrole nitrogens is 2. The second-order valence-corrected chi connectivity index (χ2v) is 3.08. The van der Waals surface area contributed by atoms with Gasteiger partial charge in [-0.3, -0.25) is 9.59 Å². The lowest BCUT2D eigenvalue weighted by Crippen LogP contribution is -2.02. The van der Waals surface area contributed by atoms with Gasteiger partial charge in [0.1, 0.15) is 0 Å². The highest BCUT2D eigenvalue weighted by Gasteiger charge is 2.00. The normalized spacial score (nSPS) is 8.00. The highest BCUT2D eigenvalue weighted by Crippen LogP contribution is 2.16. The lowest BCUT2D eigenvalue weighted by molar-refractivity contribution is 0.397. The van der Waals surface area contributed by atoms with Crippen molar-refractivity contribution in [3.8, 4) is 23.0 Å². The first-order chi connectivity index (χ1) is 8.43. The largest absolute Gasteiger partial charge is 0.504 e. The standard InChI is InChI=1S/2C5H5NO3.3H2S/c2*7-3-1-2-6-5(9)4(3)8;;;/h2*1-2,8H,(H2,6,7,9);3*1H2. The maximum Gasteiger partial charge on any atom is 0.294 e. The van der Waals surface area contributed by atoms with Crippen LogP contribution in [-0.4, -0.2) is 30.4 Å². The Hall–Kier alpha value is -1.85. The van der Waals surface area contributed by atoms with E-state index in [-0.39, 0.29) is 40.5 Å². The summed E-state index contributed by atoms with van der Waals surface area (Å²) in [5, 5.41) is 34.5. The molecule has 0 amide bonds. The van der Waals surface area contributed by atoms with Crippen LogP contribution in [0, 0.1) is 0 Å². The fourth-order valence-corrected chi connectivity index (χ4v) is 0.920. The van der Waals surface area contributed by atoms with Crippen LogP contribution in [0.4, 0.5) is 0 Å². The van der Waals surface area contributed by atoms with Crippen molar-refractivity contribution in [3.63, 3.8) is 0 Å². The highest BCUT2D eigenvalue weighted by atomic mass is 32.1. The third-order valence-electron chi connectivity index (χ3n) is 1.83. The van der Waals surface area contributed by atoms with Gasteiger partial charge in [-0.15, -0.1) is 0 Å². The number of aromatic nitrogens is 2. The molecule has 2 aromatic rings. The molecule has 11 heteroatoms. The van der Waals surface area contributed by atoms with E-state index in [4.69, 9.17) is 20.4 Å². The smallest absolute Gasteiger partial charge is 0.294 e. The average Bonchev–Trinajstić information content (AvgIpc) is 2.34. The van der Waals surface area contributed by atoms with Crippen molar-refractivity contribution in [3.05, 3.63) is 45.2 Å². The van der Waals surface area contributed by atoms with Crippen LogP contribution in [0.25, 0.3) is 0 Å². The fraction of sp³-hybridized carbons (Fsp3) is 0. The quantitative estimate of drug-likeness (QED) is 0.389. The van der Waals surface area contributed by atoms with E-state index in [1.807, 2.05) is 0 Å². The van der Waals surface area contributed by atoms with E-state index >= 15 is 0 Å². The van der Waals surface area contributed by atoms with E-state index in [0.29, 0.717) is 0 Å². The molecule has 0 aromatic carbocycles. The van der Waals surface area contributed by atoms with Gasteiger partial charge >= 0.3 is 0 Å². The summed E-state index contributed by atoms with van der Waals surface area (Å²) < 4.78 is 0. The van der Waals surface area contributed by atoms with Gasteiger partial charge in [-0.25, -0.2) is 0 Å². The zero-order chi connectivity index (χ0) is 13.7. The molecule has 21 heavy (non-hydrogen) atoms. The van der Waals surface area contributed by atoms with Crippen molar-refractivity contribution in [1.29, 1.82) is 0 Å². The number of nitrogens with one attached hydrogen (secondary N) is 2. The predicted molar refractivity (Wildman–Crippen MR) is 91.9 cm³/mol. The zero-order valence-electron chi connectivity index (χ0n) is 10.4. The van der Waals surface area contributed by atoms with Crippen LogP contribution >= 0.6 is 40.5 Å². The molecule has 0 saturated carbocycles. The summed E-state index contributed by atoms with van der Waals surface area (Å²) in [5.41, 5.74) is -1.37. The number of pyridine rings is 2. The first-order valence-electron chi connectivity index (χ1n) is 4.62. The van der Waals surface area contributed by atoms with Gasteiger partial charge in [0.2, 0.25) is 11.5 Å². The third-order valence-corrected chi connectivity index (χ3v) is 1.83. The van der Waals surface area contributed by atoms with Crippen molar-refractivity contribution >= 4 is 40.5 Å². The van der Waals surface area contributed by atoms with Gasteiger partial charge in [-0.05, 0) is 0 Å². The Morgan fingerprint density at radius 3 is 1.14 bits per heavy atom. The monoisotopic (exact) mass is 356 g/mol. The highest BCUT2D eigenvalue weighted by molar-refractivity contribution is 7.59. The molecule has 0 radical (unpaired) electrons. The number of hydrogen-bond donors (Lipinski definition) is 6. The predicted octanol–water partition coefficient (Wildman–Crippen LogP) is -0.0894. The SMILES string of the molecule is O=c1[nH]ccc(O)c1O.O=c1[nH]ccc(O)c1O.S.S.S. The number of hydrogen-bond acceptors (Lipinski definition) is 6. The minimum absolute atomic E-state index is 0. The first-order valence-corrected chi connectivity index (χ1v) is 4.62. The van der Waals surface area contributed by atoms with Crippen molar-refractivity contribution < 1.29 is 20.4 Å². The maximum absolute atomic E-state index is 10.4. The molecule has 0 aliphatic heterocycles. The van der Waals surface area contributed by atoms with Crippen molar-refractivity contribution in [1.82, 2.24) is 9.97 Å². The summed E-state index contributed by atoms with van der Waals surface area (Å²) in [6.45, 7) is 0. The molecule has 120 valence electrons. The van der Waals surface area contributed by atoms with Crippen LogP contribution < -0.4 is 11.1 Å². The molecule has 0 saturated heterocycles. The Morgan fingerprint density at radius 2 is 0.952 bits per heavy atom. The van der Waals surface area contributed by atoms with Gasteiger partial charge in [0.15, 0.2) is 11.5 Å². The Bertz CT molecular complexity index is 600. The van der Waals surface area contributed by atoms with E-state index in [0.717, 1.165) is 0 Å². The molecule has 0 bridgehead atoms. The minimum atomic E-state index is -0.685. The number of aromatic hydroxyl groups is 4. The van der Waals surface area contributed by atoms with Crippen molar-refractivity contribution in [2.75, 3.05) is 0 Å². The van der Waals surface area contributed by atoms with Crippen LogP contribution in [-0.2, 0) is 0 Å². The van der Waals surface area contributed by atoms with E-state index in [2.05, 4.69) is 9.97 Å². The van der Waals surface area contributed by atoms with Crippen molar-refractivity contribution in [2.45, 2.75) is 0 Å². The molecule has 0 atom stereocenters. The van der Waals surface area contributed by atoms with Crippen LogP contribution in [0.1, 0.15) is 0 Å². The zero-order valence-corrected chi connectivity index (χ0v) is 13.4. The van der Waals surface area contributed by atoms with Crippen LogP contribution in [0.5, 0.6) is 23.0 Å². The lowest BCUT2D eigenvalue weighted by atomic mass is 10.4.